The van der Waals surface area contributed by atoms with Gasteiger partial charge in [-0.15, -0.1) is 12.4 Å². The Bertz CT molecular complexity index is 695. The van der Waals surface area contributed by atoms with Gasteiger partial charge in [-0.25, -0.2) is 13.6 Å². The molecule has 6 nitrogen and oxygen atoms in total. The summed E-state index contributed by atoms with van der Waals surface area (Å²) in [6.07, 6.45) is 0. The van der Waals surface area contributed by atoms with Gasteiger partial charge in [0, 0.05) is 16.6 Å². The maximum Gasteiger partial charge on any atom is 0.252 e. The van der Waals surface area contributed by atoms with Crippen LogP contribution in [-0.2, 0) is 10.0 Å². The number of primary sulfonamides is 1. The zero-order valence-electron chi connectivity index (χ0n) is 13.5. The standard InChI is InChI=1S/C14H22BrN3O3S.ClH/c1-8(2)14(4,7-16)18-13(19)11-5-10(15)6-12(9(11)3)22(17,20)21;/h5-6,8H,7,16H2,1-4H3,(H,18,19)(H2,17,20,21);1H. The Morgan fingerprint density at radius 2 is 1.91 bits per heavy atom. The normalized spacial score (nSPS) is 14.1. The van der Waals surface area contributed by atoms with E-state index in [9.17, 15) is 13.2 Å². The fourth-order valence-corrected chi connectivity index (χ4v) is 3.38. The van der Waals surface area contributed by atoms with Crippen molar-refractivity contribution in [1.82, 2.24) is 5.32 Å². The van der Waals surface area contributed by atoms with E-state index in [-0.39, 0.29) is 41.2 Å². The van der Waals surface area contributed by atoms with E-state index in [1.54, 1.807) is 13.0 Å². The molecule has 1 unspecified atom stereocenters. The van der Waals surface area contributed by atoms with Crippen molar-refractivity contribution in [3.8, 4) is 0 Å². The third kappa shape index (κ3) is 5.15. The summed E-state index contributed by atoms with van der Waals surface area (Å²) in [4.78, 5) is 12.5. The molecular weight excluding hydrogens is 406 g/mol. The fraction of sp³-hybridized carbons (Fsp3) is 0.500. The van der Waals surface area contributed by atoms with Gasteiger partial charge in [-0.3, -0.25) is 4.79 Å². The van der Waals surface area contributed by atoms with Crippen LogP contribution < -0.4 is 16.2 Å². The van der Waals surface area contributed by atoms with Crippen LogP contribution in [0, 0.1) is 12.8 Å². The van der Waals surface area contributed by atoms with E-state index in [0.29, 0.717) is 10.0 Å². The largest absolute Gasteiger partial charge is 0.345 e. The highest BCUT2D eigenvalue weighted by molar-refractivity contribution is 9.10. The van der Waals surface area contributed by atoms with Gasteiger partial charge in [0.25, 0.3) is 5.91 Å². The van der Waals surface area contributed by atoms with Crippen molar-refractivity contribution in [1.29, 1.82) is 0 Å². The van der Waals surface area contributed by atoms with E-state index < -0.39 is 15.6 Å². The van der Waals surface area contributed by atoms with Crippen LogP contribution in [0.1, 0.15) is 36.7 Å². The molecule has 0 aliphatic rings. The van der Waals surface area contributed by atoms with Gasteiger partial charge in [-0.2, -0.15) is 0 Å². The molecule has 1 aromatic carbocycles. The van der Waals surface area contributed by atoms with Crippen LogP contribution in [0.2, 0.25) is 0 Å². The summed E-state index contributed by atoms with van der Waals surface area (Å²) in [7, 11) is -3.91. The molecule has 0 aliphatic carbocycles. The van der Waals surface area contributed by atoms with Gasteiger partial charge in [0.05, 0.1) is 10.4 Å². The first kappa shape index (κ1) is 22.3. The van der Waals surface area contributed by atoms with Gasteiger partial charge >= 0.3 is 0 Å². The third-order valence-corrected chi connectivity index (χ3v) is 5.47. The molecule has 0 bridgehead atoms. The van der Waals surface area contributed by atoms with Gasteiger partial charge in [0.15, 0.2) is 0 Å². The monoisotopic (exact) mass is 427 g/mol. The lowest BCUT2D eigenvalue weighted by molar-refractivity contribution is 0.0882. The minimum atomic E-state index is -3.91. The van der Waals surface area contributed by atoms with E-state index in [1.165, 1.54) is 6.07 Å². The highest BCUT2D eigenvalue weighted by Crippen LogP contribution is 2.25. The molecule has 0 spiro atoms. The molecular formula is C14H23BrClN3O3S. The third-order valence-electron chi connectivity index (χ3n) is 3.97. The van der Waals surface area contributed by atoms with Gasteiger partial charge in [0.1, 0.15) is 0 Å². The molecule has 0 fully saturated rings. The zero-order valence-corrected chi connectivity index (χ0v) is 16.7. The zero-order chi connectivity index (χ0) is 17.3. The Balaban J connectivity index is 0.00000484. The number of rotatable bonds is 5. The first-order chi connectivity index (χ1) is 9.92. The highest BCUT2D eigenvalue weighted by Gasteiger charge is 2.30. The Labute approximate surface area is 152 Å². The summed E-state index contributed by atoms with van der Waals surface area (Å²) in [6.45, 7) is 7.58. The van der Waals surface area contributed by atoms with Crippen molar-refractivity contribution in [2.75, 3.05) is 6.54 Å². The van der Waals surface area contributed by atoms with Gasteiger partial charge in [0.2, 0.25) is 10.0 Å². The van der Waals surface area contributed by atoms with Crippen LogP contribution >= 0.6 is 28.3 Å². The van der Waals surface area contributed by atoms with Crippen LogP contribution in [-0.4, -0.2) is 26.4 Å². The molecule has 1 atom stereocenters. The topological polar surface area (TPSA) is 115 Å². The highest BCUT2D eigenvalue weighted by atomic mass is 79.9. The lowest BCUT2D eigenvalue weighted by Gasteiger charge is -2.33. The summed E-state index contributed by atoms with van der Waals surface area (Å²) in [5, 5.41) is 8.08. The molecule has 0 radical (unpaired) electrons. The quantitative estimate of drug-likeness (QED) is 0.664. The van der Waals surface area contributed by atoms with Crippen LogP contribution in [0.25, 0.3) is 0 Å². The summed E-state index contributed by atoms with van der Waals surface area (Å²) in [5.74, 6) is -0.267. The SMILES string of the molecule is Cc1c(C(=O)NC(C)(CN)C(C)C)cc(Br)cc1S(N)(=O)=O.Cl. The minimum absolute atomic E-state index is 0. The Morgan fingerprint density at radius 1 is 1.39 bits per heavy atom. The molecule has 0 heterocycles. The number of carbonyl (C=O) groups excluding carboxylic acids is 1. The second kappa shape index (κ2) is 7.94. The van der Waals surface area contributed by atoms with Crippen molar-refractivity contribution in [2.24, 2.45) is 16.8 Å². The second-order valence-electron chi connectivity index (χ2n) is 5.85. The maximum absolute atomic E-state index is 12.6. The number of sulfonamides is 1. The van der Waals surface area contributed by atoms with E-state index >= 15 is 0 Å². The number of halogens is 2. The lowest BCUT2D eigenvalue weighted by Crippen LogP contribution is -2.55. The number of hydrogen-bond donors (Lipinski definition) is 3. The average molecular weight is 429 g/mol. The van der Waals surface area contributed by atoms with E-state index in [0.717, 1.165) is 0 Å². The van der Waals surface area contributed by atoms with Crippen LogP contribution in [0.4, 0.5) is 0 Å². The lowest BCUT2D eigenvalue weighted by atomic mass is 9.88. The minimum Gasteiger partial charge on any atom is -0.345 e. The molecule has 0 saturated carbocycles. The van der Waals surface area contributed by atoms with Crippen molar-refractivity contribution in [2.45, 2.75) is 38.1 Å². The molecule has 1 aromatic rings. The molecule has 5 N–H and O–H groups in total. The van der Waals surface area contributed by atoms with E-state index in [2.05, 4.69) is 21.2 Å². The van der Waals surface area contributed by atoms with Crippen LogP contribution in [0.3, 0.4) is 0 Å². The number of amides is 1. The Hall–Kier alpha value is -0.670. The molecule has 0 aromatic heterocycles. The van der Waals surface area contributed by atoms with Crippen molar-refractivity contribution >= 4 is 44.3 Å². The molecule has 1 rings (SSSR count). The molecule has 9 heteroatoms. The van der Waals surface area contributed by atoms with Gasteiger partial charge in [-0.05, 0) is 37.5 Å². The summed E-state index contributed by atoms with van der Waals surface area (Å²) < 4.78 is 23.7. The summed E-state index contributed by atoms with van der Waals surface area (Å²) in [5.41, 5.74) is 5.73. The Kier molecular flexibility index (Phi) is 7.70. The predicted octanol–water partition coefficient (Wildman–Crippen LogP) is 1.93. The maximum atomic E-state index is 12.6. The van der Waals surface area contributed by atoms with Gasteiger partial charge < -0.3 is 11.1 Å². The van der Waals surface area contributed by atoms with Crippen molar-refractivity contribution in [3.05, 3.63) is 27.7 Å². The summed E-state index contributed by atoms with van der Waals surface area (Å²) in [6, 6.07) is 2.95. The average Bonchev–Trinajstić information content (AvgIpc) is 2.39. The van der Waals surface area contributed by atoms with E-state index in [1.807, 2.05) is 20.8 Å². The second-order valence-corrected chi connectivity index (χ2v) is 8.30. The molecule has 23 heavy (non-hydrogen) atoms. The van der Waals surface area contributed by atoms with Crippen LogP contribution in [0.5, 0.6) is 0 Å². The van der Waals surface area contributed by atoms with Crippen molar-refractivity contribution < 1.29 is 13.2 Å². The van der Waals surface area contributed by atoms with Crippen molar-refractivity contribution in [3.63, 3.8) is 0 Å². The number of benzene rings is 1. The predicted molar refractivity (Wildman–Crippen MR) is 97.3 cm³/mol. The van der Waals surface area contributed by atoms with Gasteiger partial charge in [-0.1, -0.05) is 29.8 Å². The fourth-order valence-electron chi connectivity index (χ4n) is 1.94. The van der Waals surface area contributed by atoms with E-state index in [4.69, 9.17) is 10.9 Å². The number of carbonyl (C=O) groups is 1. The number of nitrogens with one attached hydrogen (secondary N) is 1. The Morgan fingerprint density at radius 3 is 2.30 bits per heavy atom. The van der Waals surface area contributed by atoms with Crippen LogP contribution in [0.15, 0.2) is 21.5 Å². The molecule has 0 saturated heterocycles. The molecule has 0 aliphatic heterocycles. The number of hydrogen-bond acceptors (Lipinski definition) is 4. The first-order valence-corrected chi connectivity index (χ1v) is 9.12. The first-order valence-electron chi connectivity index (χ1n) is 6.78. The molecule has 132 valence electrons. The smallest absolute Gasteiger partial charge is 0.252 e. The molecule has 1 amide bonds. The summed E-state index contributed by atoms with van der Waals surface area (Å²) >= 11 is 3.21. The number of nitrogens with two attached hydrogens (primary N) is 2.